The SMILES string of the molecule is C=CC[C@@H](NC(=O)c1cncc2c1cnn2-c1ccc(F)cc1)c1ccnc(S(C)(=O)=O)c1.O=C(O)c1cncc2c1cnn2-c1ccc(F)cc1. The number of sulfone groups is 1. The summed E-state index contributed by atoms with van der Waals surface area (Å²) in [6.45, 7) is 3.73. The van der Waals surface area contributed by atoms with Gasteiger partial charge in [-0.15, -0.1) is 6.58 Å². The lowest BCUT2D eigenvalue weighted by Crippen LogP contribution is -2.28. The number of hydrogen-bond acceptors (Lipinski definition) is 9. The molecule has 0 radical (unpaired) electrons. The van der Waals surface area contributed by atoms with E-state index < -0.39 is 27.8 Å². The highest BCUT2D eigenvalue weighted by Gasteiger charge is 2.21. The molecular formula is C36H28F2N8O5S. The van der Waals surface area contributed by atoms with Crippen LogP contribution in [-0.4, -0.2) is 66.2 Å². The maximum absolute atomic E-state index is 13.3. The van der Waals surface area contributed by atoms with E-state index in [1.54, 1.807) is 53.5 Å². The standard InChI is InChI=1S/C23H20FN5O3S.C13H8FN3O2/c1-3-4-20(15-9-10-26-22(11-15)33(2,31)32)28-23(30)19-12-25-14-21-18(19)13-27-29(21)17-7-5-16(24)6-8-17;14-8-1-3-9(4-2-8)17-12-7-15-5-11(13(18)19)10(12)6-16-17/h3,5-14,20H,1,4H2,2H3,(H,28,30);1-7H,(H,18,19)/t20-;/m1./s1. The third-order valence-electron chi connectivity index (χ3n) is 7.86. The van der Waals surface area contributed by atoms with Crippen molar-refractivity contribution in [3.63, 3.8) is 0 Å². The van der Waals surface area contributed by atoms with Gasteiger partial charge < -0.3 is 10.4 Å². The molecule has 0 bridgehead atoms. The Kier molecular flexibility index (Phi) is 9.91. The lowest BCUT2D eigenvalue weighted by molar-refractivity contribution is 0.0698. The Hall–Kier alpha value is -6.68. The molecule has 0 saturated heterocycles. The van der Waals surface area contributed by atoms with E-state index in [2.05, 4.69) is 37.0 Å². The summed E-state index contributed by atoms with van der Waals surface area (Å²) in [5.74, 6) is -2.17. The number of benzene rings is 2. The number of hydrogen-bond donors (Lipinski definition) is 2. The first-order valence-electron chi connectivity index (χ1n) is 15.4. The van der Waals surface area contributed by atoms with Crippen LogP contribution in [0, 0.1) is 11.6 Å². The van der Waals surface area contributed by atoms with E-state index in [4.69, 9.17) is 5.11 Å². The van der Waals surface area contributed by atoms with Crippen LogP contribution in [-0.2, 0) is 9.84 Å². The molecule has 0 spiro atoms. The van der Waals surface area contributed by atoms with Crippen molar-refractivity contribution in [3.05, 3.63) is 145 Å². The molecule has 52 heavy (non-hydrogen) atoms. The van der Waals surface area contributed by atoms with Gasteiger partial charge >= 0.3 is 5.97 Å². The van der Waals surface area contributed by atoms with Gasteiger partial charge in [-0.2, -0.15) is 10.2 Å². The molecule has 262 valence electrons. The van der Waals surface area contributed by atoms with E-state index >= 15 is 0 Å². The molecule has 1 atom stereocenters. The van der Waals surface area contributed by atoms with Crippen LogP contribution < -0.4 is 5.32 Å². The maximum atomic E-state index is 13.3. The van der Waals surface area contributed by atoms with Crippen molar-refractivity contribution in [2.45, 2.75) is 17.5 Å². The van der Waals surface area contributed by atoms with Crippen molar-refractivity contribution in [1.82, 2.24) is 39.8 Å². The van der Waals surface area contributed by atoms with Crippen LogP contribution >= 0.6 is 0 Å². The van der Waals surface area contributed by atoms with Crippen molar-refractivity contribution in [2.75, 3.05) is 6.26 Å². The minimum Gasteiger partial charge on any atom is -0.478 e. The van der Waals surface area contributed by atoms with Gasteiger partial charge in [0.2, 0.25) is 0 Å². The Morgan fingerprint density at radius 1 is 0.827 bits per heavy atom. The van der Waals surface area contributed by atoms with Crippen LogP contribution in [0.1, 0.15) is 38.7 Å². The molecule has 13 nitrogen and oxygen atoms in total. The minimum atomic E-state index is -3.50. The van der Waals surface area contributed by atoms with Gasteiger partial charge in [-0.25, -0.2) is 36.3 Å². The fourth-order valence-electron chi connectivity index (χ4n) is 5.34. The van der Waals surface area contributed by atoms with E-state index in [9.17, 15) is 26.8 Å². The number of halogens is 2. The number of nitrogens with one attached hydrogen (secondary N) is 1. The highest BCUT2D eigenvalue weighted by Crippen LogP contribution is 2.25. The molecule has 5 aromatic heterocycles. The van der Waals surface area contributed by atoms with Crippen molar-refractivity contribution >= 4 is 43.5 Å². The average Bonchev–Trinajstić information content (AvgIpc) is 3.77. The van der Waals surface area contributed by atoms with Gasteiger partial charge in [0.15, 0.2) is 14.9 Å². The summed E-state index contributed by atoms with van der Waals surface area (Å²) in [5, 5.41) is 21.4. The number of fused-ring (bicyclic) bond motifs is 2. The second-order valence-corrected chi connectivity index (χ2v) is 13.3. The number of carboxylic acids is 1. The number of nitrogens with zero attached hydrogens (tertiary/aromatic N) is 7. The topological polar surface area (TPSA) is 175 Å². The Balaban J connectivity index is 0.000000206. The first kappa shape index (κ1) is 35.2. The Bertz CT molecular complexity index is 2550. The largest absolute Gasteiger partial charge is 0.478 e. The average molecular weight is 723 g/mol. The molecule has 2 aromatic carbocycles. The van der Waals surface area contributed by atoms with Crippen LogP contribution in [0.2, 0.25) is 0 Å². The van der Waals surface area contributed by atoms with Crippen LogP contribution in [0.3, 0.4) is 0 Å². The summed E-state index contributed by atoms with van der Waals surface area (Å²) < 4.78 is 53.0. The van der Waals surface area contributed by atoms with Gasteiger partial charge in [0.05, 0.1) is 64.4 Å². The van der Waals surface area contributed by atoms with Crippen molar-refractivity contribution in [1.29, 1.82) is 0 Å². The molecule has 5 heterocycles. The fourth-order valence-corrected chi connectivity index (χ4v) is 5.94. The Morgan fingerprint density at radius 3 is 1.85 bits per heavy atom. The second-order valence-electron chi connectivity index (χ2n) is 11.4. The number of amides is 1. The molecule has 0 saturated carbocycles. The number of aromatic carboxylic acids is 1. The van der Waals surface area contributed by atoms with E-state index in [0.717, 1.165) is 6.26 Å². The molecule has 0 unspecified atom stereocenters. The van der Waals surface area contributed by atoms with Gasteiger partial charge in [-0.05, 0) is 72.6 Å². The molecular weight excluding hydrogens is 695 g/mol. The van der Waals surface area contributed by atoms with Crippen molar-refractivity contribution in [2.24, 2.45) is 0 Å². The lowest BCUT2D eigenvalue weighted by Gasteiger charge is -2.18. The predicted octanol–water partition coefficient (Wildman–Crippen LogP) is 5.66. The first-order chi connectivity index (χ1) is 24.9. The molecule has 7 rings (SSSR count). The fraction of sp³-hybridized carbons (Fsp3) is 0.0833. The number of pyridine rings is 3. The van der Waals surface area contributed by atoms with E-state index in [1.165, 1.54) is 66.0 Å². The maximum Gasteiger partial charge on any atom is 0.338 e. The minimum absolute atomic E-state index is 0.0762. The van der Waals surface area contributed by atoms with Gasteiger partial charge in [0.1, 0.15) is 11.6 Å². The molecule has 1 amide bonds. The zero-order valence-corrected chi connectivity index (χ0v) is 28.1. The second kappa shape index (κ2) is 14.7. The van der Waals surface area contributed by atoms with Crippen molar-refractivity contribution in [3.8, 4) is 11.4 Å². The molecule has 16 heteroatoms. The normalized spacial score (nSPS) is 11.8. The summed E-state index contributed by atoms with van der Waals surface area (Å²) >= 11 is 0. The quantitative estimate of drug-likeness (QED) is 0.177. The molecule has 2 N–H and O–H groups in total. The molecule has 0 aliphatic carbocycles. The van der Waals surface area contributed by atoms with Crippen LogP contribution in [0.15, 0.2) is 122 Å². The highest BCUT2D eigenvalue weighted by atomic mass is 32.2. The smallest absolute Gasteiger partial charge is 0.338 e. The zero-order valence-electron chi connectivity index (χ0n) is 27.3. The van der Waals surface area contributed by atoms with Gasteiger partial charge in [0, 0.05) is 35.6 Å². The molecule has 7 aromatic rings. The first-order valence-corrected chi connectivity index (χ1v) is 17.3. The van der Waals surface area contributed by atoms with Gasteiger partial charge in [0.25, 0.3) is 5.91 Å². The number of carbonyl (C=O) groups is 2. The number of aromatic nitrogens is 7. The van der Waals surface area contributed by atoms with Gasteiger partial charge in [-0.3, -0.25) is 14.8 Å². The third-order valence-corrected chi connectivity index (χ3v) is 8.84. The molecule has 0 fully saturated rings. The Morgan fingerprint density at radius 2 is 1.35 bits per heavy atom. The highest BCUT2D eigenvalue weighted by molar-refractivity contribution is 7.90. The van der Waals surface area contributed by atoms with E-state index in [-0.39, 0.29) is 22.2 Å². The predicted molar refractivity (Wildman–Crippen MR) is 187 cm³/mol. The summed E-state index contributed by atoms with van der Waals surface area (Å²) in [5.41, 5.74) is 3.38. The van der Waals surface area contributed by atoms with Crippen LogP contribution in [0.5, 0.6) is 0 Å². The van der Waals surface area contributed by atoms with E-state index in [0.29, 0.717) is 50.7 Å². The summed E-state index contributed by atoms with van der Waals surface area (Å²) in [6, 6.07) is 14.1. The lowest BCUT2D eigenvalue weighted by atomic mass is 10.0. The van der Waals surface area contributed by atoms with Gasteiger partial charge in [-0.1, -0.05) is 6.08 Å². The summed E-state index contributed by atoms with van der Waals surface area (Å²) in [4.78, 5) is 36.2. The zero-order chi connectivity index (χ0) is 37.0. The third kappa shape index (κ3) is 7.41. The van der Waals surface area contributed by atoms with Crippen LogP contribution in [0.25, 0.3) is 33.2 Å². The number of rotatable bonds is 9. The number of carboxylic acid groups (broad SMARTS) is 1. The summed E-state index contributed by atoms with van der Waals surface area (Å²) in [6.07, 6.45) is 13.3. The molecule has 0 aliphatic heterocycles. The van der Waals surface area contributed by atoms with Crippen LogP contribution in [0.4, 0.5) is 8.78 Å². The number of carbonyl (C=O) groups excluding carboxylic acids is 1. The monoisotopic (exact) mass is 722 g/mol. The van der Waals surface area contributed by atoms with E-state index in [1.807, 2.05) is 0 Å². The molecule has 0 aliphatic rings. The van der Waals surface area contributed by atoms with Crippen molar-refractivity contribution < 1.29 is 31.9 Å². The Labute approximate surface area is 294 Å². The summed E-state index contributed by atoms with van der Waals surface area (Å²) in [7, 11) is -3.50.